The van der Waals surface area contributed by atoms with Crippen molar-refractivity contribution in [3.8, 4) is 0 Å². The maximum atomic E-state index is 13.5. The standard InChI is InChI=1S/C12H15F2N3/c1-3-12(2,6-15)11-16-8-5-4-7(13)9(14)10(8)17-11/h4-5H,3,6,15H2,1-2H3,(H,16,17). The minimum Gasteiger partial charge on any atom is -0.341 e. The fourth-order valence-electron chi connectivity index (χ4n) is 1.71. The van der Waals surface area contributed by atoms with Gasteiger partial charge in [0.25, 0.3) is 0 Å². The summed E-state index contributed by atoms with van der Waals surface area (Å²) in [4.78, 5) is 7.14. The second kappa shape index (κ2) is 4.07. The number of nitrogens with zero attached hydrogens (tertiary/aromatic N) is 1. The van der Waals surface area contributed by atoms with Crippen molar-refractivity contribution in [1.82, 2.24) is 9.97 Å². The third-order valence-electron chi connectivity index (χ3n) is 3.35. The molecule has 0 saturated carbocycles. The average molecular weight is 239 g/mol. The maximum absolute atomic E-state index is 13.5. The van der Waals surface area contributed by atoms with E-state index in [4.69, 9.17) is 5.73 Å². The largest absolute Gasteiger partial charge is 0.341 e. The highest BCUT2D eigenvalue weighted by molar-refractivity contribution is 5.76. The summed E-state index contributed by atoms with van der Waals surface area (Å²) in [5, 5.41) is 0. The van der Waals surface area contributed by atoms with E-state index in [-0.39, 0.29) is 10.9 Å². The summed E-state index contributed by atoms with van der Waals surface area (Å²) in [6.07, 6.45) is 0.771. The van der Waals surface area contributed by atoms with Crippen LogP contribution < -0.4 is 5.73 Å². The number of nitrogens with two attached hydrogens (primary N) is 1. The molecule has 1 unspecified atom stereocenters. The molecule has 2 rings (SSSR count). The van der Waals surface area contributed by atoms with Crippen LogP contribution >= 0.6 is 0 Å². The van der Waals surface area contributed by atoms with Gasteiger partial charge in [-0.2, -0.15) is 0 Å². The molecule has 0 saturated heterocycles. The van der Waals surface area contributed by atoms with Crippen LogP contribution in [0.2, 0.25) is 0 Å². The Morgan fingerprint density at radius 1 is 1.41 bits per heavy atom. The number of rotatable bonds is 3. The van der Waals surface area contributed by atoms with E-state index in [0.29, 0.717) is 17.9 Å². The second-order valence-electron chi connectivity index (χ2n) is 4.46. The van der Waals surface area contributed by atoms with Crippen molar-refractivity contribution in [2.24, 2.45) is 5.73 Å². The lowest BCUT2D eigenvalue weighted by atomic mass is 9.87. The number of benzene rings is 1. The second-order valence-corrected chi connectivity index (χ2v) is 4.46. The van der Waals surface area contributed by atoms with E-state index in [1.165, 1.54) is 6.07 Å². The summed E-state index contributed by atoms with van der Waals surface area (Å²) in [7, 11) is 0. The van der Waals surface area contributed by atoms with Gasteiger partial charge in [-0.25, -0.2) is 13.8 Å². The highest BCUT2D eigenvalue weighted by atomic mass is 19.2. The maximum Gasteiger partial charge on any atom is 0.186 e. The van der Waals surface area contributed by atoms with Gasteiger partial charge in [-0.1, -0.05) is 13.8 Å². The molecule has 0 aliphatic carbocycles. The predicted molar refractivity (Wildman–Crippen MR) is 62.7 cm³/mol. The molecule has 0 bridgehead atoms. The minimum absolute atomic E-state index is 0.0353. The summed E-state index contributed by atoms with van der Waals surface area (Å²) >= 11 is 0. The van der Waals surface area contributed by atoms with E-state index in [1.807, 2.05) is 13.8 Å². The Balaban J connectivity index is 2.63. The van der Waals surface area contributed by atoms with E-state index in [1.54, 1.807) is 0 Å². The minimum atomic E-state index is -0.916. The molecule has 3 N–H and O–H groups in total. The van der Waals surface area contributed by atoms with Crippen LogP contribution in [-0.2, 0) is 5.41 Å². The predicted octanol–water partition coefficient (Wildman–Crippen LogP) is 2.47. The Bertz CT molecular complexity index is 544. The van der Waals surface area contributed by atoms with Gasteiger partial charge >= 0.3 is 0 Å². The first kappa shape index (κ1) is 12.0. The van der Waals surface area contributed by atoms with Crippen LogP contribution in [0.4, 0.5) is 8.78 Å². The Morgan fingerprint density at radius 3 is 2.71 bits per heavy atom. The van der Waals surface area contributed by atoms with Gasteiger partial charge in [-0.3, -0.25) is 0 Å². The number of fused-ring (bicyclic) bond motifs is 1. The molecule has 0 fully saturated rings. The Hall–Kier alpha value is -1.49. The molecular formula is C12H15F2N3. The highest BCUT2D eigenvalue weighted by Crippen LogP contribution is 2.27. The lowest BCUT2D eigenvalue weighted by Gasteiger charge is -2.23. The molecule has 1 aromatic carbocycles. The highest BCUT2D eigenvalue weighted by Gasteiger charge is 2.27. The summed E-state index contributed by atoms with van der Waals surface area (Å²) in [5.41, 5.74) is 5.89. The van der Waals surface area contributed by atoms with Crippen LogP contribution in [0.5, 0.6) is 0 Å². The molecule has 0 amide bonds. The van der Waals surface area contributed by atoms with E-state index in [2.05, 4.69) is 9.97 Å². The van der Waals surface area contributed by atoms with Crippen molar-refractivity contribution in [3.05, 3.63) is 29.6 Å². The van der Waals surface area contributed by atoms with Crippen LogP contribution in [0.25, 0.3) is 11.0 Å². The fourth-order valence-corrected chi connectivity index (χ4v) is 1.71. The zero-order chi connectivity index (χ0) is 12.6. The van der Waals surface area contributed by atoms with E-state index in [0.717, 1.165) is 12.5 Å². The van der Waals surface area contributed by atoms with Crippen LogP contribution in [0, 0.1) is 11.6 Å². The third kappa shape index (κ3) is 1.80. The number of H-pyrrole nitrogens is 1. The molecule has 0 spiro atoms. The van der Waals surface area contributed by atoms with Crippen LogP contribution in [0.3, 0.4) is 0 Å². The van der Waals surface area contributed by atoms with Gasteiger partial charge < -0.3 is 10.7 Å². The lowest BCUT2D eigenvalue weighted by molar-refractivity contribution is 0.443. The fraction of sp³-hybridized carbons (Fsp3) is 0.417. The lowest BCUT2D eigenvalue weighted by Crippen LogP contribution is -2.32. The molecule has 1 aromatic heterocycles. The molecular weight excluding hydrogens is 224 g/mol. The Morgan fingerprint density at radius 2 is 2.12 bits per heavy atom. The molecule has 5 heteroatoms. The first-order chi connectivity index (χ1) is 8.01. The van der Waals surface area contributed by atoms with Crippen molar-refractivity contribution in [2.75, 3.05) is 6.54 Å². The number of aromatic nitrogens is 2. The van der Waals surface area contributed by atoms with Crippen molar-refractivity contribution >= 4 is 11.0 Å². The number of aromatic amines is 1. The zero-order valence-corrected chi connectivity index (χ0v) is 9.85. The summed E-state index contributed by atoms with van der Waals surface area (Å²) in [6, 6.07) is 2.57. The third-order valence-corrected chi connectivity index (χ3v) is 3.35. The molecule has 2 aromatic rings. The Labute approximate surface area is 98.0 Å². The first-order valence-electron chi connectivity index (χ1n) is 5.56. The topological polar surface area (TPSA) is 54.7 Å². The van der Waals surface area contributed by atoms with Gasteiger partial charge in [0.15, 0.2) is 11.6 Å². The molecule has 1 atom stereocenters. The number of hydrogen-bond donors (Lipinski definition) is 2. The number of imidazole rings is 1. The molecule has 0 radical (unpaired) electrons. The van der Waals surface area contributed by atoms with E-state index in [9.17, 15) is 8.78 Å². The average Bonchev–Trinajstić information content (AvgIpc) is 2.78. The SMILES string of the molecule is CCC(C)(CN)c1nc2c(F)c(F)ccc2[nH]1. The van der Waals surface area contributed by atoms with Crippen molar-refractivity contribution in [3.63, 3.8) is 0 Å². The van der Waals surface area contributed by atoms with Gasteiger partial charge in [0.2, 0.25) is 0 Å². The number of halogens is 2. The van der Waals surface area contributed by atoms with Gasteiger partial charge in [0.05, 0.1) is 5.52 Å². The summed E-state index contributed by atoms with van der Waals surface area (Å²) in [6.45, 7) is 4.32. The smallest absolute Gasteiger partial charge is 0.186 e. The quantitative estimate of drug-likeness (QED) is 0.864. The molecule has 0 aliphatic rings. The van der Waals surface area contributed by atoms with Crippen molar-refractivity contribution < 1.29 is 8.78 Å². The first-order valence-corrected chi connectivity index (χ1v) is 5.56. The van der Waals surface area contributed by atoms with Crippen molar-refractivity contribution in [1.29, 1.82) is 0 Å². The van der Waals surface area contributed by atoms with Gasteiger partial charge in [0, 0.05) is 12.0 Å². The normalized spacial score (nSPS) is 15.1. The van der Waals surface area contributed by atoms with Crippen LogP contribution in [0.1, 0.15) is 26.1 Å². The monoisotopic (exact) mass is 239 g/mol. The number of nitrogens with one attached hydrogen (secondary N) is 1. The zero-order valence-electron chi connectivity index (χ0n) is 9.85. The van der Waals surface area contributed by atoms with Gasteiger partial charge in [0.1, 0.15) is 11.3 Å². The molecule has 17 heavy (non-hydrogen) atoms. The Kier molecular flexibility index (Phi) is 2.87. The van der Waals surface area contributed by atoms with E-state index >= 15 is 0 Å². The van der Waals surface area contributed by atoms with E-state index < -0.39 is 11.6 Å². The van der Waals surface area contributed by atoms with Crippen molar-refractivity contribution in [2.45, 2.75) is 25.7 Å². The number of hydrogen-bond acceptors (Lipinski definition) is 2. The molecule has 1 heterocycles. The van der Waals surface area contributed by atoms with Gasteiger partial charge in [-0.15, -0.1) is 0 Å². The summed E-state index contributed by atoms with van der Waals surface area (Å²) < 4.78 is 26.6. The van der Waals surface area contributed by atoms with Crippen LogP contribution in [-0.4, -0.2) is 16.5 Å². The summed E-state index contributed by atoms with van der Waals surface area (Å²) in [5.74, 6) is -1.20. The molecule has 3 nitrogen and oxygen atoms in total. The molecule has 92 valence electrons. The van der Waals surface area contributed by atoms with Crippen LogP contribution in [0.15, 0.2) is 12.1 Å². The van der Waals surface area contributed by atoms with Gasteiger partial charge in [-0.05, 0) is 18.6 Å². The molecule has 0 aliphatic heterocycles.